The van der Waals surface area contributed by atoms with E-state index in [0.717, 1.165) is 11.1 Å². The molecule has 2 heterocycles. The SMILES string of the molecule is Cc1ccccc1-c1noc(CN2CCN(S(=O)(=O)N(C)C)[C@H](C)[C@@H]2C)n1. The molecule has 1 saturated heterocycles. The van der Waals surface area contributed by atoms with Crippen molar-refractivity contribution in [2.75, 3.05) is 27.2 Å². The highest BCUT2D eigenvalue weighted by atomic mass is 32.2. The summed E-state index contributed by atoms with van der Waals surface area (Å²) in [6, 6.07) is 7.79. The Morgan fingerprint density at radius 1 is 1.19 bits per heavy atom. The molecule has 0 amide bonds. The van der Waals surface area contributed by atoms with Crippen LogP contribution in [0.2, 0.25) is 0 Å². The van der Waals surface area contributed by atoms with Crippen molar-refractivity contribution in [2.24, 2.45) is 0 Å². The molecule has 0 aliphatic carbocycles. The van der Waals surface area contributed by atoms with E-state index in [2.05, 4.69) is 15.0 Å². The zero-order valence-corrected chi connectivity index (χ0v) is 17.3. The number of hydrogen-bond acceptors (Lipinski definition) is 6. The third-order valence-corrected chi connectivity index (χ3v) is 7.32. The lowest BCUT2D eigenvalue weighted by Gasteiger charge is -2.44. The minimum atomic E-state index is -3.43. The molecule has 1 aliphatic rings. The molecule has 1 fully saturated rings. The summed E-state index contributed by atoms with van der Waals surface area (Å²) in [4.78, 5) is 6.71. The van der Waals surface area contributed by atoms with Crippen LogP contribution < -0.4 is 0 Å². The first kappa shape index (κ1) is 19.9. The molecule has 8 nitrogen and oxygen atoms in total. The van der Waals surface area contributed by atoms with Crippen LogP contribution in [0.3, 0.4) is 0 Å². The van der Waals surface area contributed by atoms with Gasteiger partial charge in [-0.25, -0.2) is 0 Å². The molecule has 0 radical (unpaired) electrons. The zero-order chi connectivity index (χ0) is 19.8. The Bertz CT molecular complexity index is 896. The second kappa shape index (κ2) is 7.67. The summed E-state index contributed by atoms with van der Waals surface area (Å²) in [6.07, 6.45) is 0. The molecule has 1 aromatic carbocycles. The number of nitrogens with zero attached hydrogens (tertiary/aromatic N) is 5. The second-order valence-electron chi connectivity index (χ2n) is 7.18. The van der Waals surface area contributed by atoms with Gasteiger partial charge < -0.3 is 4.52 Å². The van der Waals surface area contributed by atoms with E-state index in [1.807, 2.05) is 45.0 Å². The van der Waals surface area contributed by atoms with E-state index < -0.39 is 10.2 Å². The molecule has 3 rings (SSSR count). The van der Waals surface area contributed by atoms with Crippen LogP contribution >= 0.6 is 0 Å². The van der Waals surface area contributed by atoms with E-state index in [1.54, 1.807) is 18.4 Å². The van der Waals surface area contributed by atoms with Crippen molar-refractivity contribution in [2.45, 2.75) is 39.4 Å². The maximum absolute atomic E-state index is 12.5. The molecule has 148 valence electrons. The van der Waals surface area contributed by atoms with E-state index in [0.29, 0.717) is 31.3 Å². The molecule has 1 aromatic heterocycles. The summed E-state index contributed by atoms with van der Waals surface area (Å²) >= 11 is 0. The third kappa shape index (κ3) is 3.91. The number of hydrogen-bond donors (Lipinski definition) is 0. The van der Waals surface area contributed by atoms with Gasteiger partial charge in [0.15, 0.2) is 0 Å². The molecular weight excluding hydrogens is 366 g/mol. The van der Waals surface area contributed by atoms with Crippen LogP contribution in [0.1, 0.15) is 25.3 Å². The molecule has 0 unspecified atom stereocenters. The predicted octanol–water partition coefficient (Wildman–Crippen LogP) is 1.75. The molecule has 0 bridgehead atoms. The lowest BCUT2D eigenvalue weighted by molar-refractivity contribution is 0.0669. The standard InChI is InChI=1S/C18H27N5O3S/c1-13-8-6-7-9-16(13)18-19-17(26-20-18)12-22-10-11-23(15(3)14(22)2)27(24,25)21(4)5/h6-9,14-15H,10-12H2,1-5H3/t14-,15+/m0/s1. The Morgan fingerprint density at radius 3 is 2.56 bits per heavy atom. The first-order chi connectivity index (χ1) is 12.7. The lowest BCUT2D eigenvalue weighted by Crippen LogP contribution is -2.60. The van der Waals surface area contributed by atoms with Crippen LogP contribution in [0.15, 0.2) is 28.8 Å². The maximum Gasteiger partial charge on any atom is 0.281 e. The van der Waals surface area contributed by atoms with Crippen LogP contribution in [0.25, 0.3) is 11.4 Å². The van der Waals surface area contributed by atoms with Crippen molar-refractivity contribution in [1.82, 2.24) is 23.7 Å². The number of aromatic nitrogens is 2. The third-order valence-electron chi connectivity index (χ3n) is 5.29. The van der Waals surface area contributed by atoms with Crippen LogP contribution in [0, 0.1) is 6.92 Å². The van der Waals surface area contributed by atoms with E-state index >= 15 is 0 Å². The van der Waals surface area contributed by atoms with Crippen LogP contribution in [0.5, 0.6) is 0 Å². The smallest absolute Gasteiger partial charge is 0.281 e. The Kier molecular flexibility index (Phi) is 5.66. The number of benzene rings is 1. The van der Waals surface area contributed by atoms with Crippen molar-refractivity contribution in [3.05, 3.63) is 35.7 Å². The average molecular weight is 394 g/mol. The minimum absolute atomic E-state index is 0.0299. The topological polar surface area (TPSA) is 82.8 Å². The van der Waals surface area contributed by atoms with Gasteiger partial charge in [0.1, 0.15) is 0 Å². The van der Waals surface area contributed by atoms with Gasteiger partial charge in [-0.15, -0.1) is 0 Å². The van der Waals surface area contributed by atoms with Gasteiger partial charge >= 0.3 is 0 Å². The van der Waals surface area contributed by atoms with Crippen LogP contribution in [-0.4, -0.2) is 71.3 Å². The van der Waals surface area contributed by atoms with Gasteiger partial charge in [-0.05, 0) is 26.3 Å². The Balaban J connectivity index is 1.72. The second-order valence-corrected chi connectivity index (χ2v) is 9.27. The van der Waals surface area contributed by atoms with Crippen molar-refractivity contribution < 1.29 is 12.9 Å². The van der Waals surface area contributed by atoms with E-state index in [9.17, 15) is 8.42 Å². The van der Waals surface area contributed by atoms with Gasteiger partial charge in [0.2, 0.25) is 11.7 Å². The highest BCUT2D eigenvalue weighted by Crippen LogP contribution is 2.24. The maximum atomic E-state index is 12.5. The first-order valence-corrected chi connectivity index (χ1v) is 10.4. The zero-order valence-electron chi connectivity index (χ0n) is 16.5. The number of aryl methyl sites for hydroxylation is 1. The largest absolute Gasteiger partial charge is 0.338 e. The number of piperazine rings is 1. The van der Waals surface area contributed by atoms with E-state index in [-0.39, 0.29) is 12.1 Å². The molecule has 1 aliphatic heterocycles. The van der Waals surface area contributed by atoms with Crippen LogP contribution in [-0.2, 0) is 16.8 Å². The molecule has 0 N–H and O–H groups in total. The summed E-state index contributed by atoms with van der Waals surface area (Å²) in [7, 11) is -0.306. The highest BCUT2D eigenvalue weighted by Gasteiger charge is 2.38. The molecule has 0 saturated carbocycles. The van der Waals surface area contributed by atoms with Gasteiger partial charge in [-0.3, -0.25) is 4.90 Å². The van der Waals surface area contributed by atoms with Gasteiger partial charge in [0, 0.05) is 44.8 Å². The van der Waals surface area contributed by atoms with Gasteiger partial charge in [0.05, 0.1) is 6.54 Å². The fraction of sp³-hybridized carbons (Fsp3) is 0.556. The summed E-state index contributed by atoms with van der Waals surface area (Å²) in [5.41, 5.74) is 2.05. The quantitative estimate of drug-likeness (QED) is 0.770. The summed E-state index contributed by atoms with van der Waals surface area (Å²) in [5, 5.41) is 4.11. The van der Waals surface area contributed by atoms with Crippen molar-refractivity contribution in [3.63, 3.8) is 0 Å². The number of rotatable bonds is 5. The first-order valence-electron chi connectivity index (χ1n) is 9.03. The van der Waals surface area contributed by atoms with Gasteiger partial charge in [0.25, 0.3) is 10.2 Å². The summed E-state index contributed by atoms with van der Waals surface area (Å²) in [5.74, 6) is 1.12. The summed E-state index contributed by atoms with van der Waals surface area (Å²) < 4.78 is 33.3. The monoisotopic (exact) mass is 393 g/mol. The fourth-order valence-corrected chi connectivity index (χ4v) is 4.69. The van der Waals surface area contributed by atoms with E-state index in [1.165, 1.54) is 4.31 Å². The minimum Gasteiger partial charge on any atom is -0.338 e. The molecular formula is C18H27N5O3S. The Hall–Kier alpha value is -1.81. The summed E-state index contributed by atoms with van der Waals surface area (Å²) in [6.45, 7) is 7.52. The molecule has 0 spiro atoms. The highest BCUT2D eigenvalue weighted by molar-refractivity contribution is 7.86. The molecule has 2 aromatic rings. The van der Waals surface area contributed by atoms with E-state index in [4.69, 9.17) is 4.52 Å². The Morgan fingerprint density at radius 2 is 1.89 bits per heavy atom. The van der Waals surface area contributed by atoms with Crippen LogP contribution in [0.4, 0.5) is 0 Å². The predicted molar refractivity (Wildman–Crippen MR) is 103 cm³/mol. The van der Waals surface area contributed by atoms with Gasteiger partial charge in [-0.1, -0.05) is 29.4 Å². The Labute approximate surface area is 160 Å². The van der Waals surface area contributed by atoms with Crippen molar-refractivity contribution in [1.29, 1.82) is 0 Å². The molecule has 9 heteroatoms. The molecule has 27 heavy (non-hydrogen) atoms. The average Bonchev–Trinajstić information content (AvgIpc) is 3.07. The van der Waals surface area contributed by atoms with Crippen molar-refractivity contribution in [3.8, 4) is 11.4 Å². The van der Waals surface area contributed by atoms with Gasteiger partial charge in [-0.2, -0.15) is 22.0 Å². The molecule has 2 atom stereocenters. The fourth-order valence-electron chi connectivity index (χ4n) is 3.36. The lowest BCUT2D eigenvalue weighted by atomic mass is 10.1. The normalized spacial score (nSPS) is 22.4. The van der Waals surface area contributed by atoms with Crippen molar-refractivity contribution >= 4 is 10.2 Å².